The fraction of sp³-hybridized carbons (Fsp3) is 0.600. The van der Waals surface area contributed by atoms with Crippen molar-refractivity contribution in [3.63, 3.8) is 0 Å². The van der Waals surface area contributed by atoms with E-state index < -0.39 is 0 Å². The second-order valence-corrected chi connectivity index (χ2v) is 3.37. The Balaban J connectivity index is 2.48. The lowest BCUT2D eigenvalue weighted by atomic mass is 9.87. The van der Waals surface area contributed by atoms with E-state index in [1.165, 1.54) is 5.57 Å². The minimum absolute atomic E-state index is 0.294. The maximum Gasteiger partial charge on any atom is 0.0462 e. The molecular weight excluding hydrogens is 136 g/mol. The Morgan fingerprint density at radius 1 is 1.73 bits per heavy atom. The first-order valence-electron chi connectivity index (χ1n) is 4.20. The second-order valence-electron chi connectivity index (χ2n) is 3.37. The zero-order valence-corrected chi connectivity index (χ0v) is 7.25. The highest BCUT2D eigenvalue weighted by atomic mass is 16.3. The van der Waals surface area contributed by atoms with E-state index in [1.54, 1.807) is 0 Å². The Morgan fingerprint density at radius 3 is 2.91 bits per heavy atom. The molecule has 0 aromatic heterocycles. The number of rotatable bonds is 2. The van der Waals surface area contributed by atoms with Gasteiger partial charge in [0, 0.05) is 6.61 Å². The number of hydrogen-bond donors (Lipinski definition) is 1. The molecular formula is C10H16O. The summed E-state index contributed by atoms with van der Waals surface area (Å²) in [6, 6.07) is 0. The van der Waals surface area contributed by atoms with Gasteiger partial charge in [-0.2, -0.15) is 0 Å². The van der Waals surface area contributed by atoms with E-state index in [0.29, 0.717) is 18.4 Å². The molecule has 0 aromatic rings. The summed E-state index contributed by atoms with van der Waals surface area (Å²) in [5.41, 5.74) is 1.34. The monoisotopic (exact) mass is 152 g/mol. The van der Waals surface area contributed by atoms with Crippen LogP contribution in [0.1, 0.15) is 20.3 Å². The Kier molecular flexibility index (Phi) is 2.89. The Bertz CT molecular complexity index is 179. The average molecular weight is 152 g/mol. The Hall–Kier alpha value is -0.560. The van der Waals surface area contributed by atoms with Gasteiger partial charge in [0.25, 0.3) is 0 Å². The number of aliphatic hydroxyl groups is 1. The minimum atomic E-state index is 0.294. The van der Waals surface area contributed by atoms with Crippen LogP contribution < -0.4 is 0 Å². The predicted octanol–water partition coefficient (Wildman–Crippen LogP) is 2.14. The average Bonchev–Trinajstić information content (AvgIpc) is 2.05. The van der Waals surface area contributed by atoms with Crippen molar-refractivity contribution >= 4 is 0 Å². The molecule has 0 aliphatic heterocycles. The molecule has 1 aliphatic rings. The van der Waals surface area contributed by atoms with E-state index in [1.807, 2.05) is 0 Å². The van der Waals surface area contributed by atoms with Crippen LogP contribution in [0.15, 0.2) is 23.8 Å². The standard InChI is InChI=1S/C10H16O/c1-8-3-5-10(6-4-8)9(2)7-11/h3-5,9-11H,6-7H2,1-2H3/t9?,10-/m1/s1. The lowest BCUT2D eigenvalue weighted by molar-refractivity contribution is 0.206. The van der Waals surface area contributed by atoms with E-state index in [2.05, 4.69) is 32.1 Å². The van der Waals surface area contributed by atoms with Gasteiger partial charge in [0.15, 0.2) is 0 Å². The van der Waals surface area contributed by atoms with E-state index in [-0.39, 0.29) is 0 Å². The van der Waals surface area contributed by atoms with E-state index in [9.17, 15) is 0 Å². The lowest BCUT2D eigenvalue weighted by Crippen LogP contribution is -2.14. The van der Waals surface area contributed by atoms with Gasteiger partial charge in [0.1, 0.15) is 0 Å². The summed E-state index contributed by atoms with van der Waals surface area (Å²) in [6.45, 7) is 4.49. The van der Waals surface area contributed by atoms with Crippen LogP contribution in [-0.4, -0.2) is 11.7 Å². The summed E-state index contributed by atoms with van der Waals surface area (Å²) < 4.78 is 0. The summed E-state index contributed by atoms with van der Waals surface area (Å²) in [5.74, 6) is 0.944. The molecule has 2 atom stereocenters. The maximum absolute atomic E-state index is 8.90. The lowest BCUT2D eigenvalue weighted by Gasteiger charge is -2.19. The molecule has 1 rings (SSSR count). The molecule has 1 nitrogen and oxygen atoms in total. The van der Waals surface area contributed by atoms with Crippen molar-refractivity contribution in [3.05, 3.63) is 23.8 Å². The molecule has 1 N–H and O–H groups in total. The first-order chi connectivity index (χ1) is 5.24. The third kappa shape index (κ3) is 2.19. The van der Waals surface area contributed by atoms with Crippen molar-refractivity contribution in [1.29, 1.82) is 0 Å². The van der Waals surface area contributed by atoms with Crippen molar-refractivity contribution in [1.82, 2.24) is 0 Å². The second kappa shape index (κ2) is 3.72. The summed E-state index contributed by atoms with van der Waals surface area (Å²) in [5, 5.41) is 8.90. The van der Waals surface area contributed by atoms with Crippen LogP contribution in [-0.2, 0) is 0 Å². The number of allylic oxidation sites excluding steroid dienone is 4. The summed E-state index contributed by atoms with van der Waals surface area (Å²) >= 11 is 0. The predicted molar refractivity (Wildman–Crippen MR) is 47.3 cm³/mol. The fourth-order valence-corrected chi connectivity index (χ4v) is 1.30. The van der Waals surface area contributed by atoms with Crippen molar-refractivity contribution in [2.45, 2.75) is 20.3 Å². The van der Waals surface area contributed by atoms with Crippen molar-refractivity contribution in [2.75, 3.05) is 6.61 Å². The number of hydrogen-bond acceptors (Lipinski definition) is 1. The zero-order valence-electron chi connectivity index (χ0n) is 7.25. The van der Waals surface area contributed by atoms with Gasteiger partial charge in [0.2, 0.25) is 0 Å². The largest absolute Gasteiger partial charge is 0.396 e. The van der Waals surface area contributed by atoms with Crippen molar-refractivity contribution < 1.29 is 5.11 Å². The van der Waals surface area contributed by atoms with Gasteiger partial charge in [-0.3, -0.25) is 0 Å². The molecule has 0 aromatic carbocycles. The summed E-state index contributed by atoms with van der Waals surface area (Å²) in [6.07, 6.45) is 7.66. The van der Waals surface area contributed by atoms with Gasteiger partial charge >= 0.3 is 0 Å². The fourth-order valence-electron chi connectivity index (χ4n) is 1.30. The van der Waals surface area contributed by atoms with Gasteiger partial charge in [-0.05, 0) is 25.2 Å². The van der Waals surface area contributed by atoms with Crippen molar-refractivity contribution in [2.24, 2.45) is 11.8 Å². The van der Waals surface area contributed by atoms with Crippen LogP contribution in [0.3, 0.4) is 0 Å². The Morgan fingerprint density at radius 2 is 2.45 bits per heavy atom. The first-order valence-corrected chi connectivity index (χ1v) is 4.20. The van der Waals surface area contributed by atoms with E-state index >= 15 is 0 Å². The van der Waals surface area contributed by atoms with Gasteiger partial charge in [-0.25, -0.2) is 0 Å². The van der Waals surface area contributed by atoms with Crippen molar-refractivity contribution in [3.8, 4) is 0 Å². The molecule has 11 heavy (non-hydrogen) atoms. The van der Waals surface area contributed by atoms with Crippen LogP contribution >= 0.6 is 0 Å². The molecule has 0 heterocycles. The molecule has 0 radical (unpaired) electrons. The highest BCUT2D eigenvalue weighted by molar-refractivity contribution is 5.21. The summed E-state index contributed by atoms with van der Waals surface area (Å²) in [4.78, 5) is 0. The summed E-state index contributed by atoms with van der Waals surface area (Å²) in [7, 11) is 0. The van der Waals surface area contributed by atoms with Crippen LogP contribution in [0.2, 0.25) is 0 Å². The minimum Gasteiger partial charge on any atom is -0.396 e. The van der Waals surface area contributed by atoms with Crippen LogP contribution in [0.4, 0.5) is 0 Å². The molecule has 0 bridgehead atoms. The smallest absolute Gasteiger partial charge is 0.0462 e. The van der Waals surface area contributed by atoms with E-state index in [4.69, 9.17) is 5.11 Å². The molecule has 0 saturated carbocycles. The first kappa shape index (κ1) is 8.54. The van der Waals surface area contributed by atoms with E-state index in [0.717, 1.165) is 6.42 Å². The van der Waals surface area contributed by atoms with Crippen LogP contribution in [0, 0.1) is 11.8 Å². The highest BCUT2D eigenvalue weighted by Crippen LogP contribution is 2.22. The molecule has 0 fully saturated rings. The quantitative estimate of drug-likeness (QED) is 0.642. The van der Waals surface area contributed by atoms with Crippen LogP contribution in [0.25, 0.3) is 0 Å². The van der Waals surface area contributed by atoms with Crippen LogP contribution in [0.5, 0.6) is 0 Å². The molecule has 0 amide bonds. The third-order valence-corrected chi connectivity index (χ3v) is 2.34. The zero-order chi connectivity index (χ0) is 8.27. The van der Waals surface area contributed by atoms with Gasteiger partial charge < -0.3 is 5.11 Å². The van der Waals surface area contributed by atoms with Gasteiger partial charge in [-0.15, -0.1) is 0 Å². The molecule has 1 aliphatic carbocycles. The molecule has 1 unspecified atom stereocenters. The molecule has 0 spiro atoms. The molecule has 0 saturated heterocycles. The topological polar surface area (TPSA) is 20.2 Å². The Labute approximate surface area is 68.4 Å². The normalized spacial score (nSPS) is 26.5. The number of aliphatic hydroxyl groups excluding tert-OH is 1. The third-order valence-electron chi connectivity index (χ3n) is 2.34. The molecule has 62 valence electrons. The molecule has 1 heteroatoms. The maximum atomic E-state index is 8.90. The highest BCUT2D eigenvalue weighted by Gasteiger charge is 2.13. The van der Waals surface area contributed by atoms with Gasteiger partial charge in [0.05, 0.1) is 0 Å². The van der Waals surface area contributed by atoms with Gasteiger partial charge in [-0.1, -0.05) is 30.7 Å². The SMILES string of the molecule is CC1=CC[C@H](C(C)CO)C=C1.